The van der Waals surface area contributed by atoms with E-state index < -0.39 is 0 Å². The average Bonchev–Trinajstić information content (AvgIpc) is 3.22. The molecule has 1 saturated carbocycles. The second-order valence-electron chi connectivity index (χ2n) is 5.64. The third-order valence-corrected chi connectivity index (χ3v) is 5.25. The first-order valence-electron chi connectivity index (χ1n) is 7.34. The quantitative estimate of drug-likeness (QED) is 0.810. The van der Waals surface area contributed by atoms with Gasteiger partial charge in [-0.1, -0.05) is 6.92 Å². The zero-order valence-electron chi connectivity index (χ0n) is 12.6. The van der Waals surface area contributed by atoms with Crippen molar-refractivity contribution in [2.24, 2.45) is 0 Å². The number of thiophene rings is 1. The summed E-state index contributed by atoms with van der Waals surface area (Å²) in [7, 11) is 2.15. The minimum Gasteiger partial charge on any atom is -0.397 e. The van der Waals surface area contributed by atoms with Crippen LogP contribution in [-0.2, 0) is 0 Å². The van der Waals surface area contributed by atoms with E-state index in [1.165, 1.54) is 29.7 Å². The molecule has 1 unspecified atom stereocenters. The summed E-state index contributed by atoms with van der Waals surface area (Å²) in [4.78, 5) is 3.01. The van der Waals surface area contributed by atoms with Crippen molar-refractivity contribution in [3.05, 3.63) is 10.4 Å². The van der Waals surface area contributed by atoms with Crippen molar-refractivity contribution in [1.82, 2.24) is 4.90 Å². The van der Waals surface area contributed by atoms with Crippen molar-refractivity contribution >= 4 is 22.0 Å². The van der Waals surface area contributed by atoms with Gasteiger partial charge < -0.3 is 16.0 Å². The summed E-state index contributed by atoms with van der Waals surface area (Å²) in [6.07, 6.45) is 3.56. The molecule has 0 spiro atoms. The van der Waals surface area contributed by atoms with Gasteiger partial charge in [-0.3, -0.25) is 0 Å². The Morgan fingerprint density at radius 2 is 2.25 bits per heavy atom. The van der Waals surface area contributed by atoms with E-state index >= 15 is 0 Å². The summed E-state index contributed by atoms with van der Waals surface area (Å²) in [5.74, 6) is 0.572. The molecule has 1 aromatic heterocycles. The number of anilines is 2. The summed E-state index contributed by atoms with van der Waals surface area (Å²) < 4.78 is 0. The highest BCUT2D eigenvalue weighted by molar-refractivity contribution is 7.17. The smallest absolute Gasteiger partial charge is 0.130 e. The maximum atomic E-state index is 9.12. The molecular weight excluding hydrogens is 268 g/mol. The number of nitrogens with two attached hydrogens (primary N) is 1. The number of hydrogen-bond acceptors (Lipinski definition) is 5. The predicted molar refractivity (Wildman–Crippen MR) is 86.3 cm³/mol. The number of nitrogens with one attached hydrogen (secondary N) is 1. The van der Waals surface area contributed by atoms with Gasteiger partial charge in [-0.2, -0.15) is 5.26 Å². The molecule has 0 bridgehead atoms. The number of rotatable bonds is 7. The second-order valence-corrected chi connectivity index (χ2v) is 6.66. The third-order valence-electron chi connectivity index (χ3n) is 4.16. The van der Waals surface area contributed by atoms with Gasteiger partial charge in [0.2, 0.25) is 0 Å². The van der Waals surface area contributed by atoms with Crippen molar-refractivity contribution in [2.75, 3.05) is 31.2 Å². The molecule has 1 aliphatic carbocycles. The largest absolute Gasteiger partial charge is 0.397 e. The first-order chi connectivity index (χ1) is 9.58. The number of nitrogen functional groups attached to an aromatic ring is 1. The van der Waals surface area contributed by atoms with Crippen molar-refractivity contribution < 1.29 is 0 Å². The molecule has 1 atom stereocenters. The fourth-order valence-electron chi connectivity index (χ4n) is 2.33. The Hall–Kier alpha value is -1.25. The van der Waals surface area contributed by atoms with Gasteiger partial charge in [-0.25, -0.2) is 0 Å². The van der Waals surface area contributed by atoms with Gasteiger partial charge in [0, 0.05) is 24.7 Å². The number of nitriles is 1. The molecule has 0 radical (unpaired) electrons. The molecule has 0 saturated heterocycles. The zero-order valence-corrected chi connectivity index (χ0v) is 13.4. The monoisotopic (exact) mass is 292 g/mol. The lowest BCUT2D eigenvalue weighted by atomic mass is 10.1. The molecule has 0 aliphatic heterocycles. The minimum absolute atomic E-state index is 0.572. The molecule has 4 nitrogen and oxygen atoms in total. The standard InChI is InChI=1S/C15H24N4S/c1-4-10(2)19(3)8-7-18-15-13(11-5-6-11)14(17)12(9-16)20-15/h10-11,18H,4-8,17H2,1-3H3. The van der Waals surface area contributed by atoms with Crippen LogP contribution in [0.2, 0.25) is 0 Å². The van der Waals surface area contributed by atoms with Crippen LogP contribution in [0.3, 0.4) is 0 Å². The van der Waals surface area contributed by atoms with Crippen LogP contribution in [0, 0.1) is 11.3 Å². The Morgan fingerprint density at radius 1 is 1.55 bits per heavy atom. The molecule has 5 heteroatoms. The zero-order chi connectivity index (χ0) is 14.7. The van der Waals surface area contributed by atoms with Crippen molar-refractivity contribution in [1.29, 1.82) is 5.26 Å². The van der Waals surface area contributed by atoms with E-state index in [9.17, 15) is 0 Å². The lowest BCUT2D eigenvalue weighted by Gasteiger charge is -2.23. The summed E-state index contributed by atoms with van der Waals surface area (Å²) >= 11 is 1.50. The molecule has 1 aliphatic rings. The highest BCUT2D eigenvalue weighted by Crippen LogP contribution is 2.50. The summed E-state index contributed by atoms with van der Waals surface area (Å²) in [5, 5.41) is 13.7. The van der Waals surface area contributed by atoms with E-state index in [2.05, 4.69) is 37.2 Å². The molecule has 1 fully saturated rings. The summed E-state index contributed by atoms with van der Waals surface area (Å²) in [6, 6.07) is 2.81. The minimum atomic E-state index is 0.572. The van der Waals surface area contributed by atoms with Crippen molar-refractivity contribution in [2.45, 2.75) is 45.1 Å². The molecule has 0 amide bonds. The molecular formula is C15H24N4S. The van der Waals surface area contributed by atoms with E-state index in [4.69, 9.17) is 11.0 Å². The Morgan fingerprint density at radius 3 is 2.80 bits per heavy atom. The average molecular weight is 292 g/mol. The molecule has 110 valence electrons. The number of nitrogens with zero attached hydrogens (tertiary/aromatic N) is 2. The first kappa shape index (κ1) is 15.1. The highest BCUT2D eigenvalue weighted by atomic mass is 32.1. The van der Waals surface area contributed by atoms with Crippen LogP contribution in [0.25, 0.3) is 0 Å². The van der Waals surface area contributed by atoms with Crippen LogP contribution in [0.1, 0.15) is 49.5 Å². The predicted octanol–water partition coefficient (Wildman–Crippen LogP) is 3.22. The topological polar surface area (TPSA) is 65.1 Å². The summed E-state index contributed by atoms with van der Waals surface area (Å²) in [5.41, 5.74) is 7.99. The van der Waals surface area contributed by atoms with Gasteiger partial charge in [-0.15, -0.1) is 11.3 Å². The normalized spacial score (nSPS) is 16.1. The molecule has 3 N–H and O–H groups in total. The molecule has 0 aromatic carbocycles. The van der Waals surface area contributed by atoms with Crippen molar-refractivity contribution in [3.63, 3.8) is 0 Å². The fraction of sp³-hybridized carbons (Fsp3) is 0.667. The van der Waals surface area contributed by atoms with E-state index in [-0.39, 0.29) is 0 Å². The SMILES string of the molecule is CCC(C)N(C)CCNc1sc(C#N)c(N)c1C1CC1. The lowest BCUT2D eigenvalue weighted by molar-refractivity contribution is 0.261. The van der Waals surface area contributed by atoms with Gasteiger partial charge in [-0.05, 0) is 39.2 Å². The van der Waals surface area contributed by atoms with Crippen LogP contribution in [0.4, 0.5) is 10.7 Å². The maximum Gasteiger partial charge on any atom is 0.130 e. The third kappa shape index (κ3) is 3.25. The molecule has 2 rings (SSSR count). The fourth-order valence-corrected chi connectivity index (χ4v) is 3.36. The van der Waals surface area contributed by atoms with Gasteiger partial charge in [0.25, 0.3) is 0 Å². The van der Waals surface area contributed by atoms with E-state index in [0.717, 1.165) is 24.5 Å². The van der Waals surface area contributed by atoms with Gasteiger partial charge >= 0.3 is 0 Å². The lowest BCUT2D eigenvalue weighted by Crippen LogP contribution is -2.32. The van der Waals surface area contributed by atoms with Crippen LogP contribution < -0.4 is 11.1 Å². The van der Waals surface area contributed by atoms with Crippen LogP contribution in [0.5, 0.6) is 0 Å². The van der Waals surface area contributed by atoms with Gasteiger partial charge in [0.05, 0.1) is 10.7 Å². The van der Waals surface area contributed by atoms with E-state index in [1.54, 1.807) is 0 Å². The Bertz CT molecular complexity index is 499. The van der Waals surface area contributed by atoms with Crippen LogP contribution >= 0.6 is 11.3 Å². The van der Waals surface area contributed by atoms with Gasteiger partial charge in [0.1, 0.15) is 10.9 Å². The first-order valence-corrected chi connectivity index (χ1v) is 8.16. The maximum absolute atomic E-state index is 9.12. The molecule has 1 heterocycles. The van der Waals surface area contributed by atoms with Crippen LogP contribution in [-0.4, -0.2) is 31.1 Å². The van der Waals surface area contributed by atoms with Gasteiger partial charge in [0.15, 0.2) is 0 Å². The van der Waals surface area contributed by atoms with E-state index in [1.807, 2.05) is 0 Å². The molecule has 1 aromatic rings. The summed E-state index contributed by atoms with van der Waals surface area (Å²) in [6.45, 7) is 6.34. The number of hydrogen-bond donors (Lipinski definition) is 2. The Balaban J connectivity index is 1.98. The molecule has 20 heavy (non-hydrogen) atoms. The highest BCUT2D eigenvalue weighted by Gasteiger charge is 2.31. The second kappa shape index (κ2) is 6.47. The van der Waals surface area contributed by atoms with Crippen LogP contribution in [0.15, 0.2) is 0 Å². The van der Waals surface area contributed by atoms with Crippen molar-refractivity contribution in [3.8, 4) is 6.07 Å². The number of likely N-dealkylation sites (N-methyl/N-ethyl adjacent to an activating group) is 1. The Labute approximate surface area is 125 Å². The Kier molecular flexibility index (Phi) is 4.90. The van der Waals surface area contributed by atoms with E-state index in [0.29, 0.717) is 22.5 Å².